The largest absolute Gasteiger partial charge is 0.462 e. The van der Waals surface area contributed by atoms with Crippen LogP contribution in [0.2, 0.25) is 5.02 Å². The maximum atomic E-state index is 13.0. The molecule has 1 saturated heterocycles. The van der Waals surface area contributed by atoms with Gasteiger partial charge >= 0.3 is 5.97 Å². The van der Waals surface area contributed by atoms with Crippen molar-refractivity contribution in [1.82, 2.24) is 5.01 Å². The summed E-state index contributed by atoms with van der Waals surface area (Å²) in [5.41, 5.74) is 0.892. The zero-order valence-corrected chi connectivity index (χ0v) is 18.6. The van der Waals surface area contributed by atoms with Crippen LogP contribution in [-0.4, -0.2) is 35.6 Å². The van der Waals surface area contributed by atoms with Gasteiger partial charge < -0.3 is 9.15 Å². The number of amides is 2. The molecule has 1 aromatic heterocycles. The molecule has 4 aliphatic carbocycles. The molecule has 6 atom stereocenters. The fourth-order valence-corrected chi connectivity index (χ4v) is 5.99. The fraction of sp³-hybridized carbons (Fsp3) is 0.360. The highest BCUT2D eigenvalue weighted by atomic mass is 35.5. The molecule has 0 spiro atoms. The van der Waals surface area contributed by atoms with Crippen molar-refractivity contribution < 1.29 is 23.5 Å². The standard InChI is InChI=1S/C25H21ClN2O5/c1-2-32-25(31)18-9-12(3-7-19(18)26)20-8-4-13(33-20)11-27-28-23(29)21-14-5-6-15(17-10-16(14)17)22(21)24(28)30/h3-9,11,14-17,21-22H,2,10H2,1H3/b27-11-/t14-,15+,16-,17-,21+,22+/m1/s1. The first-order valence-electron chi connectivity index (χ1n) is 11.1. The van der Waals surface area contributed by atoms with Gasteiger partial charge in [0.1, 0.15) is 11.5 Å². The van der Waals surface area contributed by atoms with Crippen molar-refractivity contribution in [1.29, 1.82) is 0 Å². The summed E-state index contributed by atoms with van der Waals surface area (Å²) in [4.78, 5) is 38.1. The van der Waals surface area contributed by atoms with Crippen molar-refractivity contribution >= 4 is 35.6 Å². The van der Waals surface area contributed by atoms with Crippen molar-refractivity contribution in [3.63, 3.8) is 0 Å². The maximum absolute atomic E-state index is 13.0. The molecule has 2 aromatic rings. The molecule has 1 aromatic carbocycles. The van der Waals surface area contributed by atoms with E-state index in [1.807, 2.05) is 0 Å². The van der Waals surface area contributed by atoms with E-state index in [-0.39, 0.29) is 47.7 Å². The zero-order valence-electron chi connectivity index (χ0n) is 17.8. The lowest BCUT2D eigenvalue weighted by Gasteiger charge is -2.37. The molecule has 0 unspecified atom stereocenters. The summed E-state index contributed by atoms with van der Waals surface area (Å²) < 4.78 is 10.9. The van der Waals surface area contributed by atoms with E-state index in [4.69, 9.17) is 20.8 Å². The first-order valence-corrected chi connectivity index (χ1v) is 11.5. The quantitative estimate of drug-likeness (QED) is 0.287. The number of imide groups is 1. The summed E-state index contributed by atoms with van der Waals surface area (Å²) in [6.45, 7) is 1.97. The molecule has 0 radical (unpaired) electrons. The molecule has 8 heteroatoms. The number of hydrogen-bond acceptors (Lipinski definition) is 6. The van der Waals surface area contributed by atoms with E-state index in [2.05, 4.69) is 17.3 Å². The number of carbonyl (C=O) groups is 3. The number of nitrogens with zero attached hydrogens (tertiary/aromatic N) is 2. The molecule has 7 nitrogen and oxygen atoms in total. The summed E-state index contributed by atoms with van der Waals surface area (Å²) in [6, 6.07) is 8.36. The average Bonchev–Trinajstić information content (AvgIpc) is 3.45. The monoisotopic (exact) mass is 464 g/mol. The third kappa shape index (κ3) is 3.09. The summed E-state index contributed by atoms with van der Waals surface area (Å²) in [6.07, 6.45) is 6.77. The van der Waals surface area contributed by atoms with Gasteiger partial charge in [-0.25, -0.2) is 4.79 Å². The van der Waals surface area contributed by atoms with Crippen LogP contribution in [0.3, 0.4) is 0 Å². The molecule has 3 fully saturated rings. The van der Waals surface area contributed by atoms with E-state index in [0.29, 0.717) is 33.9 Å². The van der Waals surface area contributed by atoms with Gasteiger partial charge in [0.2, 0.25) is 0 Å². The summed E-state index contributed by atoms with van der Waals surface area (Å²) in [7, 11) is 0. The van der Waals surface area contributed by atoms with Crippen LogP contribution in [-0.2, 0) is 14.3 Å². The topological polar surface area (TPSA) is 89.2 Å². The number of ether oxygens (including phenoxy) is 1. The minimum Gasteiger partial charge on any atom is -0.462 e. The molecule has 5 aliphatic rings. The lowest BCUT2D eigenvalue weighted by atomic mass is 9.63. The SMILES string of the molecule is CCOC(=O)c1cc(-c2ccc(/C=N\N3C(=O)[C@H]4[C@@H]5C=C[C@@H]([C@H]6C[C@H]56)[C@@H]4C3=O)o2)ccc1Cl. The van der Waals surface area contributed by atoms with E-state index in [9.17, 15) is 14.4 Å². The first-order chi connectivity index (χ1) is 16.0. The van der Waals surface area contributed by atoms with Crippen LogP contribution in [0.1, 0.15) is 29.5 Å². The van der Waals surface area contributed by atoms with Gasteiger partial charge in [-0.15, -0.1) is 0 Å². The minimum atomic E-state index is -0.508. The highest BCUT2D eigenvalue weighted by Crippen LogP contribution is 2.65. The average molecular weight is 465 g/mol. The van der Waals surface area contributed by atoms with Crippen molar-refractivity contribution in [2.45, 2.75) is 13.3 Å². The van der Waals surface area contributed by atoms with Gasteiger partial charge in [-0.05, 0) is 67.3 Å². The number of furan rings is 1. The van der Waals surface area contributed by atoms with Crippen LogP contribution < -0.4 is 0 Å². The number of hydrogen-bond donors (Lipinski definition) is 0. The van der Waals surface area contributed by atoms with Gasteiger partial charge in [0.05, 0.1) is 35.2 Å². The second-order valence-corrected chi connectivity index (χ2v) is 9.41. The summed E-state index contributed by atoms with van der Waals surface area (Å²) in [5.74, 6) is 0.806. The third-order valence-electron chi connectivity index (χ3n) is 7.31. The Bertz CT molecular complexity index is 1210. The Balaban J connectivity index is 1.22. The van der Waals surface area contributed by atoms with Gasteiger partial charge in [0, 0.05) is 5.56 Å². The van der Waals surface area contributed by atoms with E-state index < -0.39 is 5.97 Å². The Morgan fingerprint density at radius 2 is 1.85 bits per heavy atom. The molecule has 2 amide bonds. The first kappa shape index (κ1) is 20.4. The molecule has 33 heavy (non-hydrogen) atoms. The number of rotatable bonds is 5. The van der Waals surface area contributed by atoms with Crippen LogP contribution >= 0.6 is 11.6 Å². The lowest BCUT2D eigenvalue weighted by molar-refractivity contribution is -0.140. The number of halogens is 1. The lowest BCUT2D eigenvalue weighted by Crippen LogP contribution is -2.40. The van der Waals surface area contributed by atoms with E-state index in [1.165, 1.54) is 6.21 Å². The van der Waals surface area contributed by atoms with Crippen LogP contribution in [0.25, 0.3) is 11.3 Å². The second kappa shape index (κ2) is 7.42. The predicted octanol–water partition coefficient (Wildman–Crippen LogP) is 4.16. The smallest absolute Gasteiger partial charge is 0.339 e. The fourth-order valence-electron chi connectivity index (χ4n) is 5.79. The van der Waals surface area contributed by atoms with Crippen LogP contribution in [0.5, 0.6) is 0 Å². The molecule has 7 rings (SSSR count). The van der Waals surface area contributed by atoms with Crippen molar-refractivity contribution in [2.24, 2.45) is 40.6 Å². The Hall–Kier alpha value is -3.19. The molecule has 2 heterocycles. The summed E-state index contributed by atoms with van der Waals surface area (Å²) in [5, 5.41) is 5.52. The number of allylic oxidation sites excluding steroid dienone is 2. The van der Waals surface area contributed by atoms with Crippen molar-refractivity contribution in [3.8, 4) is 11.3 Å². The Morgan fingerprint density at radius 3 is 2.52 bits per heavy atom. The van der Waals surface area contributed by atoms with Gasteiger partial charge in [0.25, 0.3) is 11.8 Å². The van der Waals surface area contributed by atoms with Crippen molar-refractivity contribution in [3.05, 3.63) is 58.8 Å². The molecule has 0 N–H and O–H groups in total. The molecule has 2 saturated carbocycles. The summed E-state index contributed by atoms with van der Waals surface area (Å²) >= 11 is 6.13. The number of carbonyl (C=O) groups excluding carboxylic acids is 3. The van der Waals surface area contributed by atoms with Crippen LogP contribution in [0.15, 0.2) is 52.0 Å². The van der Waals surface area contributed by atoms with Crippen LogP contribution in [0, 0.1) is 35.5 Å². The van der Waals surface area contributed by atoms with E-state index >= 15 is 0 Å². The molecule has 2 bridgehead atoms. The normalized spacial score (nSPS) is 31.3. The molecule has 1 aliphatic heterocycles. The molecular weight excluding hydrogens is 444 g/mol. The number of hydrazone groups is 1. The second-order valence-electron chi connectivity index (χ2n) is 9.00. The van der Waals surface area contributed by atoms with Crippen LogP contribution in [0.4, 0.5) is 0 Å². The van der Waals surface area contributed by atoms with Gasteiger partial charge in [-0.2, -0.15) is 10.1 Å². The third-order valence-corrected chi connectivity index (χ3v) is 7.64. The highest BCUT2D eigenvalue weighted by Gasteiger charge is 2.67. The van der Waals surface area contributed by atoms with E-state index in [1.54, 1.807) is 37.3 Å². The molecule has 168 valence electrons. The number of benzene rings is 1. The zero-order chi connectivity index (χ0) is 22.9. The maximum Gasteiger partial charge on any atom is 0.339 e. The van der Waals surface area contributed by atoms with Gasteiger partial charge in [-0.1, -0.05) is 23.8 Å². The minimum absolute atomic E-state index is 0.162. The predicted molar refractivity (Wildman–Crippen MR) is 119 cm³/mol. The van der Waals surface area contributed by atoms with E-state index in [0.717, 1.165) is 11.4 Å². The Kier molecular flexibility index (Phi) is 4.59. The number of esters is 1. The Morgan fingerprint density at radius 1 is 1.15 bits per heavy atom. The highest BCUT2D eigenvalue weighted by molar-refractivity contribution is 6.33. The van der Waals surface area contributed by atoms with Gasteiger partial charge in [-0.3, -0.25) is 9.59 Å². The van der Waals surface area contributed by atoms with Crippen molar-refractivity contribution in [2.75, 3.05) is 6.61 Å². The van der Waals surface area contributed by atoms with Gasteiger partial charge in [0.15, 0.2) is 0 Å². The molecular formula is C25H21ClN2O5. The Labute approximate surface area is 195 Å².